The van der Waals surface area contributed by atoms with Crippen LogP contribution in [-0.2, 0) is 4.74 Å². The van der Waals surface area contributed by atoms with Crippen LogP contribution in [0, 0.1) is 17.0 Å². The van der Waals surface area contributed by atoms with Gasteiger partial charge in [0.25, 0.3) is 5.69 Å². The number of morpholine rings is 1. The molecule has 180 valence electrons. The van der Waals surface area contributed by atoms with Crippen LogP contribution in [0.1, 0.15) is 23.6 Å². The lowest BCUT2D eigenvalue weighted by Gasteiger charge is -2.28. The highest BCUT2D eigenvalue weighted by Crippen LogP contribution is 2.37. The second-order valence-corrected chi connectivity index (χ2v) is 9.37. The molecule has 0 bridgehead atoms. The zero-order valence-corrected chi connectivity index (χ0v) is 20.0. The Hall–Kier alpha value is -3.77. The molecule has 1 fully saturated rings. The minimum absolute atomic E-state index is 0.00368. The Morgan fingerprint density at radius 1 is 1.06 bits per heavy atom. The molecule has 1 aliphatic rings. The number of ether oxygens (including phenoxy) is 1. The van der Waals surface area contributed by atoms with E-state index in [-0.39, 0.29) is 10.9 Å². The Morgan fingerprint density at radius 3 is 2.54 bits per heavy atom. The molecule has 0 N–H and O–H groups in total. The highest BCUT2D eigenvalue weighted by Gasteiger charge is 2.25. The minimum Gasteiger partial charge on any atom is -0.419 e. The molecular weight excluding hydrogens is 470 g/mol. The summed E-state index contributed by atoms with van der Waals surface area (Å²) in [6.07, 6.45) is 0. The molecule has 4 aromatic rings. The summed E-state index contributed by atoms with van der Waals surface area (Å²) >= 11 is 1.47. The second kappa shape index (κ2) is 9.84. The molecule has 1 aliphatic heterocycles. The molecule has 3 heterocycles. The topological polar surface area (TPSA) is 125 Å². The summed E-state index contributed by atoms with van der Waals surface area (Å²) in [4.78, 5) is 12.6. The van der Waals surface area contributed by atoms with E-state index in [1.807, 2.05) is 23.6 Å². The summed E-state index contributed by atoms with van der Waals surface area (Å²) in [5.41, 5.74) is 2.73. The molecule has 5 rings (SSSR count). The predicted octanol–water partition coefficient (Wildman–Crippen LogP) is 4.22. The fraction of sp³-hybridized carbons (Fsp3) is 0.304. The number of non-ortho nitro benzene ring substituents is 1. The van der Waals surface area contributed by atoms with Crippen LogP contribution in [0.2, 0.25) is 0 Å². The van der Waals surface area contributed by atoms with Gasteiger partial charge in [0.2, 0.25) is 17.7 Å². The summed E-state index contributed by atoms with van der Waals surface area (Å²) in [6, 6.07) is 14.2. The van der Waals surface area contributed by atoms with Crippen LogP contribution in [0.3, 0.4) is 0 Å². The number of nitro groups is 1. The van der Waals surface area contributed by atoms with Crippen LogP contribution >= 0.6 is 11.8 Å². The molecule has 0 saturated carbocycles. The zero-order chi connectivity index (χ0) is 24.4. The van der Waals surface area contributed by atoms with Gasteiger partial charge in [0, 0.05) is 30.8 Å². The van der Waals surface area contributed by atoms with E-state index in [0.717, 1.165) is 30.3 Å². The van der Waals surface area contributed by atoms with Crippen LogP contribution in [0.15, 0.2) is 58.1 Å². The fourth-order valence-electron chi connectivity index (χ4n) is 3.75. The molecule has 2 aromatic carbocycles. The molecule has 1 atom stereocenters. The van der Waals surface area contributed by atoms with Gasteiger partial charge in [-0.15, -0.1) is 20.4 Å². The van der Waals surface area contributed by atoms with Crippen LogP contribution in [0.4, 0.5) is 11.6 Å². The molecule has 35 heavy (non-hydrogen) atoms. The zero-order valence-electron chi connectivity index (χ0n) is 19.2. The largest absolute Gasteiger partial charge is 0.419 e. The van der Waals surface area contributed by atoms with Crippen molar-refractivity contribution in [1.82, 2.24) is 25.0 Å². The number of hydrogen-bond donors (Lipinski definition) is 0. The quantitative estimate of drug-likeness (QED) is 0.210. The van der Waals surface area contributed by atoms with Gasteiger partial charge in [-0.25, -0.2) is 0 Å². The lowest BCUT2D eigenvalue weighted by atomic mass is 10.2. The molecule has 2 aromatic heterocycles. The average molecular weight is 494 g/mol. The number of thioether (sulfide) groups is 1. The first-order chi connectivity index (χ1) is 17.0. The third kappa shape index (κ3) is 4.88. The first kappa shape index (κ1) is 23.0. The van der Waals surface area contributed by atoms with E-state index in [1.54, 1.807) is 12.1 Å². The Labute approximate surface area is 205 Å². The fourth-order valence-corrected chi connectivity index (χ4v) is 4.64. The normalized spacial score (nSPS) is 14.7. The number of aryl methyl sites for hydroxylation is 1. The third-order valence-electron chi connectivity index (χ3n) is 5.57. The van der Waals surface area contributed by atoms with Gasteiger partial charge in [-0.2, -0.15) is 0 Å². The lowest BCUT2D eigenvalue weighted by Crippen LogP contribution is -2.37. The van der Waals surface area contributed by atoms with E-state index in [0.29, 0.717) is 35.7 Å². The van der Waals surface area contributed by atoms with Crippen molar-refractivity contribution >= 4 is 23.4 Å². The number of rotatable bonds is 7. The Balaban J connectivity index is 1.42. The van der Waals surface area contributed by atoms with Crippen LogP contribution in [-0.4, -0.2) is 56.2 Å². The van der Waals surface area contributed by atoms with E-state index < -0.39 is 4.92 Å². The van der Waals surface area contributed by atoms with E-state index in [4.69, 9.17) is 9.15 Å². The number of hydrogen-bond acceptors (Lipinski definition) is 10. The maximum Gasteiger partial charge on any atom is 0.269 e. The van der Waals surface area contributed by atoms with Gasteiger partial charge >= 0.3 is 0 Å². The summed E-state index contributed by atoms with van der Waals surface area (Å²) < 4.78 is 13.5. The Morgan fingerprint density at radius 2 is 1.83 bits per heavy atom. The van der Waals surface area contributed by atoms with E-state index in [1.165, 1.54) is 23.9 Å². The summed E-state index contributed by atoms with van der Waals surface area (Å²) in [6.45, 7) is 6.79. The molecular formula is C23H23N7O4S. The van der Waals surface area contributed by atoms with Crippen molar-refractivity contribution in [3.63, 3.8) is 0 Å². The number of nitrogens with zero attached hydrogens (tertiary/aromatic N) is 7. The average Bonchev–Trinajstić information content (AvgIpc) is 3.53. The van der Waals surface area contributed by atoms with Crippen molar-refractivity contribution in [3.8, 4) is 17.1 Å². The van der Waals surface area contributed by atoms with Crippen molar-refractivity contribution in [1.29, 1.82) is 0 Å². The Bertz CT molecular complexity index is 1330. The maximum atomic E-state index is 10.9. The van der Waals surface area contributed by atoms with Gasteiger partial charge in [0.15, 0.2) is 5.16 Å². The monoisotopic (exact) mass is 493 g/mol. The Kier molecular flexibility index (Phi) is 6.47. The first-order valence-corrected chi connectivity index (χ1v) is 12.0. The van der Waals surface area contributed by atoms with Gasteiger partial charge in [0.1, 0.15) is 0 Å². The molecule has 1 unspecified atom stereocenters. The standard InChI is InChI=1S/C23H23N7O4S/c1-15-4-3-5-19(14-15)29-22(28-10-12-33-13-11-28)26-27-23(29)35-16(2)20-24-25-21(34-20)17-6-8-18(9-7-17)30(31)32/h3-9,14,16H,10-13H2,1-2H3. The summed E-state index contributed by atoms with van der Waals surface area (Å²) in [7, 11) is 0. The lowest BCUT2D eigenvalue weighted by molar-refractivity contribution is -0.384. The SMILES string of the molecule is Cc1cccc(-n2c(SC(C)c3nnc(-c4ccc([N+](=O)[O-])cc4)o3)nnc2N2CCOCC2)c1. The molecule has 1 saturated heterocycles. The van der Waals surface area contributed by atoms with E-state index in [9.17, 15) is 10.1 Å². The van der Waals surface area contributed by atoms with Crippen molar-refractivity contribution < 1.29 is 14.1 Å². The second-order valence-electron chi connectivity index (χ2n) is 8.07. The molecule has 0 radical (unpaired) electrons. The van der Waals surface area contributed by atoms with Gasteiger partial charge in [-0.3, -0.25) is 14.7 Å². The molecule has 0 aliphatic carbocycles. The number of anilines is 1. The number of aromatic nitrogens is 5. The van der Waals surface area contributed by atoms with Gasteiger partial charge in [0.05, 0.1) is 29.1 Å². The van der Waals surface area contributed by atoms with Crippen molar-refractivity contribution in [2.45, 2.75) is 24.3 Å². The molecule has 12 heteroatoms. The first-order valence-electron chi connectivity index (χ1n) is 11.1. The predicted molar refractivity (Wildman–Crippen MR) is 130 cm³/mol. The minimum atomic E-state index is -0.447. The number of nitro benzene ring substituents is 1. The summed E-state index contributed by atoms with van der Waals surface area (Å²) in [5.74, 6) is 1.50. The van der Waals surface area contributed by atoms with Gasteiger partial charge in [-0.05, 0) is 43.7 Å². The van der Waals surface area contributed by atoms with Crippen LogP contribution < -0.4 is 4.90 Å². The highest BCUT2D eigenvalue weighted by atomic mass is 32.2. The van der Waals surface area contributed by atoms with Crippen molar-refractivity contribution in [2.75, 3.05) is 31.2 Å². The molecule has 0 spiro atoms. The van der Waals surface area contributed by atoms with Crippen molar-refractivity contribution in [2.24, 2.45) is 0 Å². The highest BCUT2D eigenvalue weighted by molar-refractivity contribution is 7.99. The molecule has 0 amide bonds. The third-order valence-corrected chi connectivity index (χ3v) is 6.60. The van der Waals surface area contributed by atoms with E-state index in [2.05, 4.69) is 44.4 Å². The maximum absolute atomic E-state index is 10.9. The molecule has 11 nitrogen and oxygen atoms in total. The van der Waals surface area contributed by atoms with E-state index >= 15 is 0 Å². The smallest absolute Gasteiger partial charge is 0.269 e. The van der Waals surface area contributed by atoms with Gasteiger partial charge < -0.3 is 14.1 Å². The summed E-state index contributed by atoms with van der Waals surface area (Å²) in [5, 5.41) is 28.7. The van der Waals surface area contributed by atoms with Gasteiger partial charge in [-0.1, -0.05) is 23.9 Å². The van der Waals surface area contributed by atoms with Crippen molar-refractivity contribution in [3.05, 3.63) is 70.1 Å². The van der Waals surface area contributed by atoms with Crippen LogP contribution in [0.5, 0.6) is 0 Å². The van der Waals surface area contributed by atoms with Crippen LogP contribution in [0.25, 0.3) is 17.1 Å². The number of benzene rings is 2.